The molecule has 5 nitrogen and oxygen atoms in total. The fourth-order valence-corrected chi connectivity index (χ4v) is 4.30. The first kappa shape index (κ1) is 29.7. The number of carbonyl (C=O) groups is 1. The molecule has 0 bridgehead atoms. The predicted octanol–water partition coefficient (Wildman–Crippen LogP) is 7.79. The van der Waals surface area contributed by atoms with Crippen molar-refractivity contribution in [1.82, 2.24) is 4.98 Å². The normalized spacial score (nSPS) is 15.4. The number of hydrogen-bond donors (Lipinski definition) is 1. The van der Waals surface area contributed by atoms with Crippen molar-refractivity contribution < 1.29 is 33.4 Å². The maximum atomic E-state index is 14.8. The summed E-state index contributed by atoms with van der Waals surface area (Å²) < 4.78 is 86.1. The summed E-state index contributed by atoms with van der Waals surface area (Å²) in [5, 5.41) is 0. The number of benzene rings is 2. The smallest absolute Gasteiger partial charge is 0.310 e. The molecule has 1 unspecified atom stereocenters. The molecule has 1 aromatic heterocycles. The van der Waals surface area contributed by atoms with Crippen LogP contribution in [-0.2, 0) is 10.3 Å². The van der Waals surface area contributed by atoms with Crippen LogP contribution in [0.2, 0.25) is 0 Å². The number of aliphatic imine (C=N–C) groups is 1. The van der Waals surface area contributed by atoms with Crippen molar-refractivity contribution in [3.63, 3.8) is 0 Å². The van der Waals surface area contributed by atoms with Crippen molar-refractivity contribution in [2.24, 2.45) is 10.7 Å². The zero-order chi connectivity index (χ0) is 28.3. The largest absolute Gasteiger partial charge is 0.495 e. The molecule has 2 aromatic carbocycles. The average molecular weight is 548 g/mol. The van der Waals surface area contributed by atoms with Crippen LogP contribution < -0.4 is 10.5 Å². The van der Waals surface area contributed by atoms with Crippen LogP contribution in [0.15, 0.2) is 70.8 Å². The molecule has 2 N–H and O–H groups in total. The van der Waals surface area contributed by atoms with Gasteiger partial charge in [0.25, 0.3) is 0 Å². The lowest BCUT2D eigenvalue weighted by atomic mass is 9.79. The molecular formula is C25H27F6N3O2S. The fraction of sp³-hybridized carbons (Fsp3) is 0.240. The van der Waals surface area contributed by atoms with Crippen LogP contribution in [0.25, 0.3) is 11.1 Å². The van der Waals surface area contributed by atoms with E-state index in [9.17, 15) is 28.6 Å². The van der Waals surface area contributed by atoms with Crippen LogP contribution >= 0.6 is 10.2 Å². The zero-order valence-electron chi connectivity index (χ0n) is 20.7. The Balaban J connectivity index is 0.00000235. The average Bonchev–Trinajstić information content (AvgIpc) is 2.82. The molecule has 3 aromatic rings. The van der Waals surface area contributed by atoms with Crippen LogP contribution in [0.3, 0.4) is 0 Å². The van der Waals surface area contributed by atoms with Gasteiger partial charge < -0.3 is 10.5 Å². The molecule has 0 saturated carbocycles. The molecule has 1 atom stereocenters. The minimum atomic E-state index is -9.95. The Morgan fingerprint density at radius 2 is 1.51 bits per heavy atom. The minimum absolute atomic E-state index is 0.00645. The summed E-state index contributed by atoms with van der Waals surface area (Å²) in [7, 11) is -8.56. The van der Waals surface area contributed by atoms with E-state index in [0.717, 1.165) is 25.1 Å². The van der Waals surface area contributed by atoms with E-state index in [1.165, 1.54) is 44.6 Å². The Labute approximate surface area is 211 Å². The van der Waals surface area contributed by atoms with E-state index < -0.39 is 32.3 Å². The molecule has 0 aliphatic rings. The van der Waals surface area contributed by atoms with Gasteiger partial charge in [0.2, 0.25) is 0 Å². The second kappa shape index (κ2) is 9.73. The number of pyridine rings is 1. The molecule has 0 saturated heterocycles. The molecule has 0 aliphatic carbocycles. The fourth-order valence-electron chi connectivity index (χ4n) is 3.65. The molecule has 37 heavy (non-hydrogen) atoms. The highest BCUT2D eigenvalue weighted by Gasteiger charge is 2.65. The minimum Gasteiger partial charge on any atom is -0.495 e. The third-order valence-corrected chi connectivity index (χ3v) is 6.38. The molecule has 202 valence electrons. The van der Waals surface area contributed by atoms with Crippen molar-refractivity contribution in [2.75, 3.05) is 7.11 Å². The van der Waals surface area contributed by atoms with Gasteiger partial charge in [0.15, 0.2) is 11.3 Å². The van der Waals surface area contributed by atoms with Crippen molar-refractivity contribution >= 4 is 21.8 Å². The number of methoxy groups -OCH3 is 1. The van der Waals surface area contributed by atoms with Gasteiger partial charge in [-0.15, -0.1) is 0 Å². The SMILES string of the molecule is CC.COc1cncc(-c2cc(C(N=C(C)N)(C(C)=O)c3ccc(S(F)(F)(F)(F)F)cc3)ccc2F)c1. The Bertz CT molecular complexity index is 1330. The Kier molecular flexibility index (Phi) is 7.81. The summed E-state index contributed by atoms with van der Waals surface area (Å²) in [5.41, 5.74) is 3.88. The van der Waals surface area contributed by atoms with Crippen molar-refractivity contribution in [3.05, 3.63) is 77.9 Å². The molecule has 12 heteroatoms. The number of aromatic nitrogens is 1. The van der Waals surface area contributed by atoms with Gasteiger partial charge in [-0.05, 0) is 55.3 Å². The number of Topliss-reactive ketones (excluding diaryl/α,β-unsaturated/α-hetero) is 1. The number of halogens is 6. The van der Waals surface area contributed by atoms with E-state index in [0.29, 0.717) is 5.75 Å². The number of rotatable bonds is 7. The Hall–Kier alpha value is -3.54. The third-order valence-electron chi connectivity index (χ3n) is 5.22. The van der Waals surface area contributed by atoms with Crippen molar-refractivity contribution in [1.29, 1.82) is 0 Å². The number of ether oxygens (including phenoxy) is 1. The molecule has 0 aliphatic heterocycles. The van der Waals surface area contributed by atoms with Crippen LogP contribution in [-0.4, -0.2) is 23.7 Å². The van der Waals surface area contributed by atoms with Crippen molar-refractivity contribution in [2.45, 2.75) is 38.1 Å². The Morgan fingerprint density at radius 1 is 0.946 bits per heavy atom. The van der Waals surface area contributed by atoms with E-state index in [1.807, 2.05) is 13.8 Å². The third kappa shape index (κ3) is 6.43. The first-order chi connectivity index (χ1) is 17.0. The first-order valence-corrected chi connectivity index (χ1v) is 12.9. The van der Waals surface area contributed by atoms with Crippen LogP contribution in [0.5, 0.6) is 5.75 Å². The van der Waals surface area contributed by atoms with E-state index in [4.69, 9.17) is 10.5 Å². The molecule has 0 fully saturated rings. The van der Waals surface area contributed by atoms with Gasteiger partial charge in [0, 0.05) is 17.3 Å². The summed E-state index contributed by atoms with van der Waals surface area (Å²) in [6.07, 6.45) is 2.74. The second-order valence-electron chi connectivity index (χ2n) is 7.82. The summed E-state index contributed by atoms with van der Waals surface area (Å²) in [6.45, 7) is 6.46. The van der Waals surface area contributed by atoms with Gasteiger partial charge in [-0.1, -0.05) is 51.5 Å². The molecule has 0 amide bonds. The highest BCUT2D eigenvalue weighted by molar-refractivity contribution is 8.45. The number of ketones is 1. The molecular weight excluding hydrogens is 520 g/mol. The summed E-state index contributed by atoms with van der Waals surface area (Å²) >= 11 is 0. The highest BCUT2D eigenvalue weighted by Crippen LogP contribution is 3.02. The van der Waals surface area contributed by atoms with E-state index >= 15 is 0 Å². The summed E-state index contributed by atoms with van der Waals surface area (Å²) in [4.78, 5) is 19.0. The van der Waals surface area contributed by atoms with Gasteiger partial charge in [-0.3, -0.25) is 9.78 Å². The lowest BCUT2D eigenvalue weighted by Crippen LogP contribution is -2.36. The van der Waals surface area contributed by atoms with Gasteiger partial charge >= 0.3 is 10.2 Å². The number of carbonyl (C=O) groups excluding carboxylic acids is 1. The highest BCUT2D eigenvalue weighted by atomic mass is 32.5. The number of hydrogen-bond acceptors (Lipinski definition) is 4. The van der Waals surface area contributed by atoms with Gasteiger partial charge in [-0.25, -0.2) is 9.38 Å². The lowest BCUT2D eigenvalue weighted by Gasteiger charge is -2.40. The van der Waals surface area contributed by atoms with E-state index in [2.05, 4.69) is 9.98 Å². The van der Waals surface area contributed by atoms with Crippen LogP contribution in [0.4, 0.5) is 23.8 Å². The topological polar surface area (TPSA) is 77.6 Å². The summed E-state index contributed by atoms with van der Waals surface area (Å²) in [6, 6.07) is 6.88. The maximum absolute atomic E-state index is 14.8. The Morgan fingerprint density at radius 3 is 2.00 bits per heavy atom. The number of nitrogens with two attached hydrogens (primary N) is 1. The lowest BCUT2D eigenvalue weighted by molar-refractivity contribution is -0.120. The first-order valence-electron chi connectivity index (χ1n) is 10.9. The zero-order valence-corrected chi connectivity index (χ0v) is 21.6. The predicted molar refractivity (Wildman–Crippen MR) is 134 cm³/mol. The molecule has 0 radical (unpaired) electrons. The monoisotopic (exact) mass is 547 g/mol. The van der Waals surface area contributed by atoms with Crippen LogP contribution in [0, 0.1) is 5.82 Å². The second-order valence-corrected chi connectivity index (χ2v) is 10.2. The van der Waals surface area contributed by atoms with E-state index in [-0.39, 0.29) is 40.2 Å². The van der Waals surface area contributed by atoms with Crippen LogP contribution in [0.1, 0.15) is 38.8 Å². The molecule has 1 heterocycles. The number of nitrogens with zero attached hydrogens (tertiary/aromatic N) is 2. The standard InChI is InChI=1S/C23H21F6N3O2S.C2H6/c1-14(33)23(32-15(2)30,17-4-7-20(8-5-17)35(25,26,27,28)29)18-6-9-22(24)21(11-18)16-10-19(34-3)13-31-12-16;1-2/h4-13H,1-3H3,(H2,30,32);1-2H3. The number of amidine groups is 1. The van der Waals surface area contributed by atoms with Gasteiger partial charge in [-0.2, -0.15) is 0 Å². The van der Waals surface area contributed by atoms with E-state index in [1.54, 1.807) is 0 Å². The quantitative estimate of drug-likeness (QED) is 0.186. The summed E-state index contributed by atoms with van der Waals surface area (Å²) in [5.74, 6) is -1.17. The van der Waals surface area contributed by atoms with Gasteiger partial charge in [0.1, 0.15) is 16.5 Å². The van der Waals surface area contributed by atoms with Crippen molar-refractivity contribution in [3.8, 4) is 16.9 Å². The maximum Gasteiger partial charge on any atom is 0.310 e. The molecule has 3 rings (SSSR count). The van der Waals surface area contributed by atoms with Gasteiger partial charge in [0.05, 0.1) is 19.1 Å². The molecule has 0 spiro atoms.